The molecule has 4 heterocycles. The topological polar surface area (TPSA) is 81.4 Å². The Hall–Kier alpha value is -3.40. The third-order valence-corrected chi connectivity index (χ3v) is 8.94. The van der Waals surface area contributed by atoms with Gasteiger partial charge >= 0.3 is 0 Å². The summed E-state index contributed by atoms with van der Waals surface area (Å²) in [6.45, 7) is 2.26. The molecule has 180 valence electrons. The highest BCUT2D eigenvalue weighted by atomic mass is 15.1. The molecule has 36 heavy (non-hydrogen) atoms. The van der Waals surface area contributed by atoms with Gasteiger partial charge < -0.3 is 20.6 Å². The van der Waals surface area contributed by atoms with Crippen molar-refractivity contribution in [3.63, 3.8) is 0 Å². The highest BCUT2D eigenvalue weighted by molar-refractivity contribution is 5.77. The number of benzene rings is 2. The third kappa shape index (κ3) is 3.66. The molecule has 2 saturated heterocycles. The number of nitrogens with one attached hydrogen (secondary N) is 4. The summed E-state index contributed by atoms with van der Waals surface area (Å²) in [6, 6.07) is 15.4. The van der Waals surface area contributed by atoms with Gasteiger partial charge in [-0.15, -0.1) is 0 Å². The summed E-state index contributed by atoms with van der Waals surface area (Å²) >= 11 is 0. The van der Waals surface area contributed by atoms with E-state index in [1.807, 2.05) is 6.20 Å². The van der Waals surface area contributed by atoms with Gasteiger partial charge in [-0.3, -0.25) is 0 Å². The summed E-state index contributed by atoms with van der Waals surface area (Å²) in [5, 5.41) is 7.30. The molecule has 0 radical (unpaired) electrons. The molecule has 6 nitrogen and oxygen atoms in total. The van der Waals surface area contributed by atoms with Gasteiger partial charge in [0.1, 0.15) is 11.6 Å². The monoisotopic (exact) mass is 474 g/mol. The van der Waals surface area contributed by atoms with Crippen LogP contribution in [0.15, 0.2) is 48.7 Å². The van der Waals surface area contributed by atoms with Gasteiger partial charge in [0.25, 0.3) is 0 Å². The van der Waals surface area contributed by atoms with E-state index >= 15 is 0 Å². The fourth-order valence-corrected chi connectivity index (χ4v) is 6.15. The van der Waals surface area contributed by atoms with Crippen LogP contribution in [-0.4, -0.2) is 33.0 Å². The molecule has 0 bridgehead atoms. The Bertz CT molecular complexity index is 1520. The first kappa shape index (κ1) is 20.8. The molecule has 4 aromatic rings. The number of nitrogens with zero attached hydrogens (tertiary/aromatic N) is 2. The van der Waals surface area contributed by atoms with Gasteiger partial charge in [0.15, 0.2) is 0 Å². The molecule has 1 unspecified atom stereocenters. The van der Waals surface area contributed by atoms with E-state index < -0.39 is 0 Å². The molecular formula is C30H30N6. The Morgan fingerprint density at radius 2 is 1.42 bits per heavy atom. The Morgan fingerprint density at radius 3 is 2.11 bits per heavy atom. The van der Waals surface area contributed by atoms with E-state index in [1.165, 1.54) is 38.5 Å². The number of hydrogen-bond acceptors (Lipinski definition) is 4. The molecule has 2 aromatic heterocycles. The Morgan fingerprint density at radius 1 is 0.750 bits per heavy atom. The normalized spacial score (nSPS) is 24.9. The number of fused-ring (bicyclic) bond motifs is 1. The van der Waals surface area contributed by atoms with Gasteiger partial charge in [0, 0.05) is 24.2 Å². The predicted octanol–water partition coefficient (Wildman–Crippen LogP) is 4.98. The first-order valence-electron chi connectivity index (χ1n) is 13.3. The average molecular weight is 475 g/mol. The van der Waals surface area contributed by atoms with Crippen LogP contribution in [0.25, 0.3) is 22.3 Å². The molecule has 6 heteroatoms. The zero-order valence-electron chi connectivity index (χ0n) is 20.3. The minimum atomic E-state index is 0.350. The molecule has 0 amide bonds. The van der Waals surface area contributed by atoms with Crippen LogP contribution >= 0.6 is 0 Å². The van der Waals surface area contributed by atoms with Crippen LogP contribution in [0.3, 0.4) is 0 Å². The molecule has 2 saturated carbocycles. The fourth-order valence-electron chi connectivity index (χ4n) is 6.15. The first-order valence-corrected chi connectivity index (χ1v) is 13.3. The van der Waals surface area contributed by atoms with Crippen molar-refractivity contribution in [2.24, 2.45) is 10.8 Å². The largest absolute Gasteiger partial charge is 0.341 e. The van der Waals surface area contributed by atoms with E-state index in [1.54, 1.807) is 0 Å². The van der Waals surface area contributed by atoms with Crippen LogP contribution < -0.4 is 10.6 Å². The molecule has 2 aromatic carbocycles. The average Bonchev–Trinajstić information content (AvgIpc) is 3.49. The SMILES string of the molecule is C(#Cc1ccc2nc(C3CC4(CC4)CN3)[nH]c2c1)c1ccc(-c2cnc([C@@H]3CC4(CC4)CN3)[nH]2)cc1. The predicted molar refractivity (Wildman–Crippen MR) is 140 cm³/mol. The van der Waals surface area contributed by atoms with Crippen molar-refractivity contribution < 1.29 is 0 Å². The Balaban J connectivity index is 0.970. The number of rotatable bonds is 3. The zero-order valence-corrected chi connectivity index (χ0v) is 20.3. The van der Waals surface area contributed by atoms with Gasteiger partial charge in [-0.05, 0) is 85.3 Å². The molecule has 2 atom stereocenters. The molecule has 4 aliphatic rings. The summed E-state index contributed by atoms with van der Waals surface area (Å²) in [7, 11) is 0. The highest BCUT2D eigenvalue weighted by Gasteiger charge is 2.49. The van der Waals surface area contributed by atoms with Crippen molar-refractivity contribution in [2.45, 2.75) is 50.6 Å². The van der Waals surface area contributed by atoms with Crippen molar-refractivity contribution in [1.29, 1.82) is 0 Å². The maximum absolute atomic E-state index is 4.84. The van der Waals surface area contributed by atoms with Gasteiger partial charge in [0.05, 0.1) is 35.0 Å². The molecule has 2 spiro atoms. The van der Waals surface area contributed by atoms with Crippen molar-refractivity contribution in [3.05, 3.63) is 71.4 Å². The minimum Gasteiger partial charge on any atom is -0.341 e. The fraction of sp³-hybridized carbons (Fsp3) is 0.400. The first-order chi connectivity index (χ1) is 17.6. The van der Waals surface area contributed by atoms with Crippen molar-refractivity contribution in [2.75, 3.05) is 13.1 Å². The smallest absolute Gasteiger partial charge is 0.124 e. The Kier molecular flexibility index (Phi) is 4.35. The number of aromatic nitrogens is 4. The molecule has 2 aliphatic heterocycles. The van der Waals surface area contributed by atoms with Gasteiger partial charge in [0.2, 0.25) is 0 Å². The van der Waals surface area contributed by atoms with Crippen molar-refractivity contribution in [3.8, 4) is 23.1 Å². The lowest BCUT2D eigenvalue weighted by Crippen LogP contribution is -2.15. The second-order valence-electron chi connectivity index (χ2n) is 11.6. The molecule has 4 N–H and O–H groups in total. The van der Waals surface area contributed by atoms with E-state index in [-0.39, 0.29) is 0 Å². The maximum Gasteiger partial charge on any atom is 0.124 e. The number of H-pyrrole nitrogens is 2. The van der Waals surface area contributed by atoms with Crippen LogP contribution in [-0.2, 0) is 0 Å². The zero-order chi connectivity index (χ0) is 23.7. The van der Waals surface area contributed by atoms with Crippen LogP contribution in [0.2, 0.25) is 0 Å². The summed E-state index contributed by atoms with van der Waals surface area (Å²) in [5.41, 5.74) is 7.39. The Labute approximate surface area is 210 Å². The summed E-state index contributed by atoms with van der Waals surface area (Å²) < 4.78 is 0. The number of hydrogen-bond donors (Lipinski definition) is 4. The number of aromatic amines is 2. The molecular weight excluding hydrogens is 444 g/mol. The summed E-state index contributed by atoms with van der Waals surface area (Å²) in [5.74, 6) is 8.77. The molecule has 2 aliphatic carbocycles. The van der Waals surface area contributed by atoms with E-state index in [2.05, 4.69) is 79.9 Å². The van der Waals surface area contributed by atoms with Gasteiger partial charge in [-0.1, -0.05) is 24.0 Å². The summed E-state index contributed by atoms with van der Waals surface area (Å²) in [6.07, 6.45) is 9.81. The maximum atomic E-state index is 4.84. The van der Waals surface area contributed by atoms with E-state index in [0.717, 1.165) is 58.2 Å². The van der Waals surface area contributed by atoms with Gasteiger partial charge in [-0.2, -0.15) is 0 Å². The van der Waals surface area contributed by atoms with Crippen molar-refractivity contribution >= 4 is 11.0 Å². The second kappa shape index (κ2) is 7.55. The lowest BCUT2D eigenvalue weighted by Gasteiger charge is -2.06. The minimum absolute atomic E-state index is 0.350. The molecule has 8 rings (SSSR count). The second-order valence-corrected chi connectivity index (χ2v) is 11.6. The van der Waals surface area contributed by atoms with Crippen molar-refractivity contribution in [1.82, 2.24) is 30.6 Å². The lowest BCUT2D eigenvalue weighted by molar-refractivity contribution is 0.543. The molecule has 4 fully saturated rings. The standard InChI is InChI=1S/C30H30N6/c1(2-20-5-8-22-23(13-20)35-28(34-22)25-15-30(11-12-30)18-33-25)19-3-6-21(7-4-19)26-16-31-27(36-26)24-14-29(9-10-29)17-32-24/h3-8,13,16,24-25,32-33H,9-12,14-15,17-18H2,(H,31,36)(H,34,35)/t24-,25?/m0/s1. The van der Waals surface area contributed by atoms with E-state index in [4.69, 9.17) is 4.98 Å². The number of imidazole rings is 2. The van der Waals surface area contributed by atoms with Crippen LogP contribution in [0.5, 0.6) is 0 Å². The van der Waals surface area contributed by atoms with E-state index in [9.17, 15) is 0 Å². The lowest BCUT2D eigenvalue weighted by atomic mass is 10.0. The van der Waals surface area contributed by atoms with Crippen LogP contribution in [0.1, 0.15) is 73.4 Å². The third-order valence-electron chi connectivity index (χ3n) is 8.94. The van der Waals surface area contributed by atoms with Gasteiger partial charge in [-0.25, -0.2) is 9.97 Å². The highest BCUT2D eigenvalue weighted by Crippen LogP contribution is 2.55. The summed E-state index contributed by atoms with van der Waals surface area (Å²) in [4.78, 5) is 16.6. The van der Waals surface area contributed by atoms with Crippen LogP contribution in [0, 0.1) is 22.7 Å². The van der Waals surface area contributed by atoms with E-state index in [0.29, 0.717) is 22.9 Å². The quantitative estimate of drug-likeness (QED) is 0.316. The van der Waals surface area contributed by atoms with Crippen LogP contribution in [0.4, 0.5) is 0 Å².